The molecule has 0 saturated carbocycles. The first-order valence-corrected chi connectivity index (χ1v) is 7.03. The van der Waals surface area contributed by atoms with Gasteiger partial charge in [0.1, 0.15) is 0 Å². The summed E-state index contributed by atoms with van der Waals surface area (Å²) in [5.41, 5.74) is 0. The number of hydrogen-bond acceptors (Lipinski definition) is 5. The van der Waals surface area contributed by atoms with E-state index in [1.807, 2.05) is 11.8 Å². The Bertz CT molecular complexity index is 357. The number of ether oxygens (including phenoxy) is 2. The van der Waals surface area contributed by atoms with Crippen LogP contribution in [0.4, 0.5) is 0 Å². The summed E-state index contributed by atoms with van der Waals surface area (Å²) in [4.78, 5) is 27.1. The molecule has 2 aliphatic rings. The SMILES string of the molecule is CCN(CC(=O)N1CCOCC1)C1COCC1C(=O)O. The van der Waals surface area contributed by atoms with E-state index >= 15 is 0 Å². The number of likely N-dealkylation sites (N-methyl/N-ethyl adjacent to an activating group) is 1. The molecular weight excluding hydrogens is 264 g/mol. The molecule has 20 heavy (non-hydrogen) atoms. The minimum Gasteiger partial charge on any atom is -0.481 e. The Morgan fingerprint density at radius 2 is 1.95 bits per heavy atom. The highest BCUT2D eigenvalue weighted by atomic mass is 16.5. The molecule has 2 unspecified atom stereocenters. The summed E-state index contributed by atoms with van der Waals surface area (Å²) >= 11 is 0. The molecule has 1 N–H and O–H groups in total. The maximum absolute atomic E-state index is 12.2. The van der Waals surface area contributed by atoms with Gasteiger partial charge < -0.3 is 19.5 Å². The predicted octanol–water partition coefficient (Wildman–Crippen LogP) is -0.733. The monoisotopic (exact) mass is 286 g/mol. The predicted molar refractivity (Wildman–Crippen MR) is 70.4 cm³/mol. The minimum atomic E-state index is -0.857. The van der Waals surface area contributed by atoms with Crippen LogP contribution in [0.2, 0.25) is 0 Å². The largest absolute Gasteiger partial charge is 0.481 e. The molecule has 2 saturated heterocycles. The fraction of sp³-hybridized carbons (Fsp3) is 0.846. The highest BCUT2D eigenvalue weighted by Gasteiger charge is 2.38. The smallest absolute Gasteiger partial charge is 0.310 e. The van der Waals surface area contributed by atoms with Gasteiger partial charge in [-0.25, -0.2) is 0 Å². The van der Waals surface area contributed by atoms with Crippen LogP contribution in [0.5, 0.6) is 0 Å². The van der Waals surface area contributed by atoms with Gasteiger partial charge >= 0.3 is 5.97 Å². The molecule has 0 aromatic rings. The first-order chi connectivity index (χ1) is 9.63. The third-order valence-electron chi connectivity index (χ3n) is 3.95. The minimum absolute atomic E-state index is 0.0335. The van der Waals surface area contributed by atoms with E-state index in [0.29, 0.717) is 39.5 Å². The van der Waals surface area contributed by atoms with Crippen LogP contribution in [-0.2, 0) is 19.1 Å². The highest BCUT2D eigenvalue weighted by molar-refractivity contribution is 5.78. The van der Waals surface area contributed by atoms with Crippen LogP contribution in [0.3, 0.4) is 0 Å². The maximum Gasteiger partial charge on any atom is 0.310 e. The van der Waals surface area contributed by atoms with E-state index in [2.05, 4.69) is 0 Å². The third-order valence-corrected chi connectivity index (χ3v) is 3.95. The Morgan fingerprint density at radius 3 is 2.55 bits per heavy atom. The van der Waals surface area contributed by atoms with Crippen molar-refractivity contribution < 1.29 is 24.2 Å². The number of carbonyl (C=O) groups is 2. The second kappa shape index (κ2) is 7.01. The molecule has 7 heteroatoms. The first-order valence-electron chi connectivity index (χ1n) is 7.03. The second-order valence-corrected chi connectivity index (χ2v) is 5.11. The average molecular weight is 286 g/mol. The zero-order valence-electron chi connectivity index (χ0n) is 11.8. The number of carboxylic acids is 1. The van der Waals surface area contributed by atoms with Gasteiger partial charge in [0.05, 0.1) is 38.9 Å². The number of nitrogens with zero attached hydrogens (tertiary/aromatic N) is 2. The Labute approximate surface area is 118 Å². The van der Waals surface area contributed by atoms with Gasteiger partial charge in [0.15, 0.2) is 0 Å². The molecule has 114 valence electrons. The van der Waals surface area contributed by atoms with E-state index in [4.69, 9.17) is 9.47 Å². The molecule has 0 bridgehead atoms. The van der Waals surface area contributed by atoms with Gasteiger partial charge in [-0.1, -0.05) is 6.92 Å². The van der Waals surface area contributed by atoms with Gasteiger partial charge in [0, 0.05) is 19.1 Å². The number of rotatable bonds is 5. The van der Waals surface area contributed by atoms with Crippen molar-refractivity contribution in [2.24, 2.45) is 5.92 Å². The lowest BCUT2D eigenvalue weighted by atomic mass is 10.0. The summed E-state index contributed by atoms with van der Waals surface area (Å²) in [5, 5.41) is 9.19. The number of carbonyl (C=O) groups excluding carboxylic acids is 1. The first kappa shape index (κ1) is 15.2. The molecule has 1 amide bonds. The Hall–Kier alpha value is -1.18. The van der Waals surface area contributed by atoms with Gasteiger partial charge in [-0.2, -0.15) is 0 Å². The highest BCUT2D eigenvalue weighted by Crippen LogP contribution is 2.20. The standard InChI is InChI=1S/C13H22N2O5/c1-2-14(11-9-20-8-10(11)13(17)18)7-12(16)15-3-5-19-6-4-15/h10-11H,2-9H2,1H3,(H,17,18). The summed E-state index contributed by atoms with van der Waals surface area (Å²) in [6.45, 7) is 5.78. The molecule has 2 atom stereocenters. The van der Waals surface area contributed by atoms with Crippen LogP contribution >= 0.6 is 0 Å². The summed E-state index contributed by atoms with van der Waals surface area (Å²) in [6.07, 6.45) is 0. The lowest BCUT2D eigenvalue weighted by molar-refractivity contribution is -0.145. The van der Waals surface area contributed by atoms with Gasteiger partial charge in [0.2, 0.25) is 5.91 Å². The van der Waals surface area contributed by atoms with Crippen LogP contribution in [0.25, 0.3) is 0 Å². The van der Waals surface area contributed by atoms with Crippen molar-refractivity contribution in [2.75, 3.05) is 52.6 Å². The lowest BCUT2D eigenvalue weighted by Gasteiger charge is -2.32. The zero-order valence-corrected chi connectivity index (χ0v) is 11.8. The van der Waals surface area contributed by atoms with Crippen molar-refractivity contribution in [1.82, 2.24) is 9.80 Å². The number of hydrogen-bond donors (Lipinski definition) is 1. The van der Waals surface area contributed by atoms with Crippen LogP contribution in [0.15, 0.2) is 0 Å². The topological polar surface area (TPSA) is 79.3 Å². The molecule has 0 aromatic carbocycles. The Kier molecular flexibility index (Phi) is 5.33. The van der Waals surface area contributed by atoms with E-state index in [0.717, 1.165) is 0 Å². The fourth-order valence-electron chi connectivity index (χ4n) is 2.69. The van der Waals surface area contributed by atoms with Gasteiger partial charge in [-0.05, 0) is 6.54 Å². The Balaban J connectivity index is 1.94. The summed E-state index contributed by atoms with van der Waals surface area (Å²) < 4.78 is 10.5. The van der Waals surface area contributed by atoms with E-state index in [9.17, 15) is 14.7 Å². The number of morpholine rings is 1. The van der Waals surface area contributed by atoms with Crippen molar-refractivity contribution in [1.29, 1.82) is 0 Å². The molecule has 0 aromatic heterocycles. The Morgan fingerprint density at radius 1 is 1.25 bits per heavy atom. The molecule has 2 fully saturated rings. The van der Waals surface area contributed by atoms with Crippen molar-refractivity contribution in [3.63, 3.8) is 0 Å². The average Bonchev–Trinajstić information content (AvgIpc) is 2.95. The van der Waals surface area contributed by atoms with Crippen LogP contribution in [-0.4, -0.2) is 85.4 Å². The van der Waals surface area contributed by atoms with Gasteiger partial charge in [0.25, 0.3) is 0 Å². The fourth-order valence-corrected chi connectivity index (χ4v) is 2.69. The molecule has 2 rings (SSSR count). The van der Waals surface area contributed by atoms with Gasteiger partial charge in [-0.3, -0.25) is 14.5 Å². The van der Waals surface area contributed by atoms with Crippen LogP contribution in [0.1, 0.15) is 6.92 Å². The lowest BCUT2D eigenvalue weighted by Crippen LogP contribution is -2.50. The number of aliphatic carboxylic acids is 1. The molecule has 2 aliphatic heterocycles. The van der Waals surface area contributed by atoms with Gasteiger partial charge in [-0.15, -0.1) is 0 Å². The zero-order chi connectivity index (χ0) is 14.5. The third kappa shape index (κ3) is 3.47. The quantitative estimate of drug-likeness (QED) is 0.717. The van der Waals surface area contributed by atoms with E-state index in [-0.39, 0.29) is 25.1 Å². The molecule has 0 spiro atoms. The second-order valence-electron chi connectivity index (χ2n) is 5.11. The molecule has 0 radical (unpaired) electrons. The molecule has 0 aliphatic carbocycles. The van der Waals surface area contributed by atoms with E-state index in [1.165, 1.54) is 0 Å². The molecular formula is C13H22N2O5. The van der Waals surface area contributed by atoms with Crippen LogP contribution < -0.4 is 0 Å². The summed E-state index contributed by atoms with van der Waals surface area (Å²) in [6, 6.07) is -0.220. The van der Waals surface area contributed by atoms with Crippen molar-refractivity contribution >= 4 is 11.9 Å². The summed E-state index contributed by atoms with van der Waals surface area (Å²) in [7, 11) is 0. The van der Waals surface area contributed by atoms with Crippen molar-refractivity contribution in [3.8, 4) is 0 Å². The summed E-state index contributed by atoms with van der Waals surface area (Å²) in [5.74, 6) is -1.37. The molecule has 2 heterocycles. The molecule has 7 nitrogen and oxygen atoms in total. The van der Waals surface area contributed by atoms with E-state index in [1.54, 1.807) is 4.90 Å². The van der Waals surface area contributed by atoms with Crippen LogP contribution in [0, 0.1) is 5.92 Å². The normalized spacial score (nSPS) is 27.0. The number of amides is 1. The van der Waals surface area contributed by atoms with Crippen molar-refractivity contribution in [3.05, 3.63) is 0 Å². The van der Waals surface area contributed by atoms with Crippen molar-refractivity contribution in [2.45, 2.75) is 13.0 Å². The van der Waals surface area contributed by atoms with E-state index < -0.39 is 11.9 Å². The number of carboxylic acid groups (broad SMARTS) is 1. The maximum atomic E-state index is 12.2.